The minimum atomic E-state index is -0.754. The molecule has 0 aliphatic rings. The Bertz CT molecular complexity index is 781. The molecule has 5 nitrogen and oxygen atoms in total. The maximum absolute atomic E-state index is 13.5. The zero-order valence-corrected chi connectivity index (χ0v) is 12.0. The molecule has 0 fully saturated rings. The average molecular weight is 285 g/mol. The predicted octanol–water partition coefficient (Wildman–Crippen LogP) is 2.68. The zero-order valence-electron chi connectivity index (χ0n) is 12.0. The van der Waals surface area contributed by atoms with Crippen LogP contribution in [-0.4, -0.2) is 19.5 Å². The summed E-state index contributed by atoms with van der Waals surface area (Å²) in [7, 11) is 1.77. The van der Waals surface area contributed by atoms with Crippen LogP contribution in [0.5, 0.6) is 0 Å². The number of nitrogens with one attached hydrogen (secondary N) is 1. The van der Waals surface area contributed by atoms with Gasteiger partial charge in [0.05, 0.1) is 6.33 Å². The Morgan fingerprint density at radius 1 is 1.24 bits per heavy atom. The van der Waals surface area contributed by atoms with Crippen LogP contribution >= 0.6 is 0 Å². The van der Waals surface area contributed by atoms with E-state index >= 15 is 0 Å². The van der Waals surface area contributed by atoms with Crippen LogP contribution in [0.15, 0.2) is 30.6 Å². The predicted molar refractivity (Wildman–Crippen MR) is 79.4 cm³/mol. The molecule has 0 bridgehead atoms. The van der Waals surface area contributed by atoms with Gasteiger partial charge in [0.2, 0.25) is 0 Å². The van der Waals surface area contributed by atoms with Gasteiger partial charge in [0.25, 0.3) is 0 Å². The number of hydrogen-bond acceptors (Lipinski definition) is 4. The van der Waals surface area contributed by atoms with Gasteiger partial charge in [-0.1, -0.05) is 31.2 Å². The molecule has 2 heterocycles. The first kappa shape index (κ1) is 13.5. The van der Waals surface area contributed by atoms with Gasteiger partial charge in [0.15, 0.2) is 17.0 Å². The number of rotatable bonds is 4. The lowest BCUT2D eigenvalue weighted by molar-refractivity contribution is 0.543. The van der Waals surface area contributed by atoms with Crippen molar-refractivity contribution in [2.45, 2.75) is 19.9 Å². The first-order valence-corrected chi connectivity index (χ1v) is 6.83. The Labute approximate surface area is 121 Å². The number of aryl methyl sites for hydroxylation is 2. The van der Waals surface area contributed by atoms with Gasteiger partial charge in [-0.25, -0.2) is 4.98 Å². The quantitative estimate of drug-likeness (QED) is 0.749. The summed E-state index contributed by atoms with van der Waals surface area (Å²) in [5.74, 6) is 0.417. The van der Waals surface area contributed by atoms with Crippen LogP contribution in [0.25, 0.3) is 11.2 Å². The summed E-state index contributed by atoms with van der Waals surface area (Å²) in [5.41, 5.74) is 3.45. The van der Waals surface area contributed by atoms with Crippen molar-refractivity contribution < 1.29 is 4.39 Å². The van der Waals surface area contributed by atoms with E-state index in [9.17, 15) is 4.39 Å². The highest BCUT2D eigenvalue weighted by Gasteiger charge is 2.11. The molecular formula is C15H16FN5. The maximum Gasteiger partial charge on any atom is 0.312 e. The second-order valence-electron chi connectivity index (χ2n) is 4.90. The Morgan fingerprint density at radius 2 is 2.05 bits per heavy atom. The average Bonchev–Trinajstić information content (AvgIpc) is 2.86. The van der Waals surface area contributed by atoms with Gasteiger partial charge < -0.3 is 9.88 Å². The van der Waals surface area contributed by atoms with E-state index in [0.717, 1.165) is 12.0 Å². The standard InChI is InChI=1S/C15H16FN5/c1-3-10-5-4-6-11(7-10)8-17-13-12-14(20-15(16)19-13)21(2)9-18-12/h4-7,9H,3,8H2,1-2H3,(H,17,19,20). The van der Waals surface area contributed by atoms with E-state index in [-0.39, 0.29) is 0 Å². The number of fused-ring (bicyclic) bond motifs is 1. The normalized spacial score (nSPS) is 11.0. The van der Waals surface area contributed by atoms with Crippen molar-refractivity contribution in [2.75, 3.05) is 5.32 Å². The lowest BCUT2D eigenvalue weighted by Gasteiger charge is -2.07. The SMILES string of the molecule is CCc1cccc(CNc2nc(F)nc3c2ncn3C)c1. The van der Waals surface area contributed by atoms with Crippen molar-refractivity contribution in [1.29, 1.82) is 0 Å². The van der Waals surface area contributed by atoms with Crippen LogP contribution in [0.2, 0.25) is 0 Å². The largest absolute Gasteiger partial charge is 0.364 e. The molecule has 0 aliphatic carbocycles. The fraction of sp³-hybridized carbons (Fsp3) is 0.267. The third-order valence-electron chi connectivity index (χ3n) is 3.39. The zero-order chi connectivity index (χ0) is 14.8. The van der Waals surface area contributed by atoms with Gasteiger partial charge >= 0.3 is 6.08 Å². The van der Waals surface area contributed by atoms with Crippen molar-refractivity contribution in [3.63, 3.8) is 0 Å². The molecule has 0 amide bonds. The number of halogens is 1. The highest BCUT2D eigenvalue weighted by molar-refractivity contribution is 5.82. The van der Waals surface area contributed by atoms with Crippen LogP contribution in [-0.2, 0) is 20.0 Å². The molecule has 0 saturated heterocycles. The number of imidazole rings is 1. The summed E-state index contributed by atoms with van der Waals surface area (Å²) in [4.78, 5) is 11.8. The highest BCUT2D eigenvalue weighted by atomic mass is 19.1. The maximum atomic E-state index is 13.5. The van der Waals surface area contributed by atoms with E-state index in [1.54, 1.807) is 17.9 Å². The van der Waals surface area contributed by atoms with E-state index < -0.39 is 6.08 Å². The van der Waals surface area contributed by atoms with Crippen molar-refractivity contribution in [2.24, 2.45) is 7.05 Å². The highest BCUT2D eigenvalue weighted by Crippen LogP contribution is 2.18. The Hall–Kier alpha value is -2.50. The molecule has 21 heavy (non-hydrogen) atoms. The number of anilines is 1. The Kier molecular flexibility index (Phi) is 3.51. The van der Waals surface area contributed by atoms with Crippen LogP contribution in [0.1, 0.15) is 18.1 Å². The van der Waals surface area contributed by atoms with Crippen LogP contribution in [0, 0.1) is 6.08 Å². The van der Waals surface area contributed by atoms with Crippen LogP contribution in [0.3, 0.4) is 0 Å². The molecule has 1 N–H and O–H groups in total. The summed E-state index contributed by atoms with van der Waals surface area (Å²) in [6.45, 7) is 2.68. The summed E-state index contributed by atoms with van der Waals surface area (Å²) >= 11 is 0. The molecule has 0 aliphatic heterocycles. The van der Waals surface area contributed by atoms with E-state index in [1.165, 1.54) is 5.56 Å². The van der Waals surface area contributed by atoms with E-state index in [1.807, 2.05) is 12.1 Å². The summed E-state index contributed by atoms with van der Waals surface area (Å²) < 4.78 is 15.2. The minimum absolute atomic E-state index is 0.417. The summed E-state index contributed by atoms with van der Waals surface area (Å²) in [6, 6.07) is 8.26. The van der Waals surface area contributed by atoms with Gasteiger partial charge in [0, 0.05) is 13.6 Å². The van der Waals surface area contributed by atoms with Crippen molar-refractivity contribution in [3.05, 3.63) is 47.8 Å². The molecule has 6 heteroatoms. The number of nitrogens with zero attached hydrogens (tertiary/aromatic N) is 4. The van der Waals surface area contributed by atoms with Gasteiger partial charge in [-0.3, -0.25) is 0 Å². The fourth-order valence-electron chi connectivity index (χ4n) is 2.25. The minimum Gasteiger partial charge on any atom is -0.364 e. The molecule has 0 unspecified atom stereocenters. The topological polar surface area (TPSA) is 55.6 Å². The number of benzene rings is 1. The van der Waals surface area contributed by atoms with E-state index in [4.69, 9.17) is 0 Å². The third-order valence-corrected chi connectivity index (χ3v) is 3.39. The van der Waals surface area contributed by atoms with Crippen molar-refractivity contribution >= 4 is 17.0 Å². The molecular weight excluding hydrogens is 269 g/mol. The summed E-state index contributed by atoms with van der Waals surface area (Å²) in [5, 5.41) is 3.14. The smallest absolute Gasteiger partial charge is 0.312 e. The van der Waals surface area contributed by atoms with Gasteiger partial charge in [-0.05, 0) is 17.5 Å². The number of hydrogen-bond donors (Lipinski definition) is 1. The first-order valence-electron chi connectivity index (χ1n) is 6.83. The second-order valence-corrected chi connectivity index (χ2v) is 4.90. The van der Waals surface area contributed by atoms with Crippen LogP contribution < -0.4 is 5.32 Å². The van der Waals surface area contributed by atoms with Crippen molar-refractivity contribution in [3.8, 4) is 0 Å². The summed E-state index contributed by atoms with van der Waals surface area (Å²) in [6.07, 6.45) is 1.83. The Morgan fingerprint density at radius 3 is 2.86 bits per heavy atom. The molecule has 108 valence electrons. The molecule has 0 saturated carbocycles. The molecule has 0 atom stereocenters. The van der Waals surface area contributed by atoms with E-state index in [0.29, 0.717) is 23.5 Å². The molecule has 2 aromatic heterocycles. The first-order chi connectivity index (χ1) is 10.2. The molecule has 3 rings (SSSR count). The van der Waals surface area contributed by atoms with E-state index in [2.05, 4.69) is 39.3 Å². The third kappa shape index (κ3) is 2.69. The lowest BCUT2D eigenvalue weighted by atomic mass is 10.1. The van der Waals surface area contributed by atoms with Crippen LogP contribution in [0.4, 0.5) is 10.2 Å². The molecule has 0 spiro atoms. The van der Waals surface area contributed by atoms with Gasteiger partial charge in [-0.2, -0.15) is 14.4 Å². The molecule has 1 aromatic carbocycles. The Balaban J connectivity index is 1.87. The second kappa shape index (κ2) is 5.47. The number of aromatic nitrogens is 4. The monoisotopic (exact) mass is 285 g/mol. The fourth-order valence-corrected chi connectivity index (χ4v) is 2.25. The van der Waals surface area contributed by atoms with Crippen molar-refractivity contribution in [1.82, 2.24) is 19.5 Å². The molecule has 0 radical (unpaired) electrons. The molecule has 3 aromatic rings. The van der Waals surface area contributed by atoms with Gasteiger partial charge in [-0.15, -0.1) is 0 Å². The lowest BCUT2D eigenvalue weighted by Crippen LogP contribution is -2.05. The van der Waals surface area contributed by atoms with Gasteiger partial charge in [0.1, 0.15) is 0 Å².